The summed E-state index contributed by atoms with van der Waals surface area (Å²) in [6.07, 6.45) is 10.2. The fourth-order valence-electron chi connectivity index (χ4n) is 3.04. The minimum atomic E-state index is 0.633. The molecule has 0 bridgehead atoms. The van der Waals surface area contributed by atoms with Crippen LogP contribution in [0.15, 0.2) is 48.5 Å². The van der Waals surface area contributed by atoms with Crippen LogP contribution in [0.1, 0.15) is 63.9 Å². The number of unbranched alkanes of at least 4 members (excludes halogenated alkanes) is 7. The van der Waals surface area contributed by atoms with Crippen molar-refractivity contribution in [1.82, 2.24) is 0 Å². The molecule has 132 valence electrons. The van der Waals surface area contributed by atoms with Crippen LogP contribution in [0.3, 0.4) is 0 Å². The van der Waals surface area contributed by atoms with Crippen LogP contribution in [-0.2, 0) is 0 Å². The largest absolute Gasteiger partial charge is 0.492 e. The average molecular weight is 335 g/mol. The van der Waals surface area contributed by atoms with Gasteiger partial charge in [-0.05, 0) is 18.1 Å². The van der Waals surface area contributed by atoms with E-state index in [4.69, 9.17) is 4.74 Å². The van der Waals surface area contributed by atoms with Gasteiger partial charge in [0.1, 0.15) is 17.4 Å². The Labute approximate surface area is 152 Å². The molecule has 2 aromatic carbocycles. The molecule has 0 unspecified atom stereocenters. The Kier molecular flexibility index (Phi) is 8.63. The van der Waals surface area contributed by atoms with Crippen LogP contribution in [0.25, 0.3) is 11.1 Å². The summed E-state index contributed by atoms with van der Waals surface area (Å²) in [7, 11) is 0. The first-order chi connectivity index (χ1) is 12.4. The standard InChI is InChI=1S/C23H29NO/c1-2-3-4-5-6-7-8-12-18-25-23-17-13-16-21(22(23)19-24)20-14-10-9-11-15-20/h9-11,13-17H,2-8,12,18H2,1H3. The quantitative estimate of drug-likeness (QED) is 0.426. The molecule has 2 aromatic rings. The highest BCUT2D eigenvalue weighted by Gasteiger charge is 2.10. The first-order valence-electron chi connectivity index (χ1n) is 9.58. The molecule has 0 aliphatic heterocycles. The summed E-state index contributed by atoms with van der Waals surface area (Å²) in [6, 6.07) is 18.2. The molecule has 0 radical (unpaired) electrons. The molecule has 0 saturated carbocycles. The zero-order valence-electron chi connectivity index (χ0n) is 15.3. The molecule has 0 amide bonds. The van der Waals surface area contributed by atoms with Gasteiger partial charge in [-0.3, -0.25) is 0 Å². The van der Waals surface area contributed by atoms with Crippen molar-refractivity contribution in [2.45, 2.75) is 58.3 Å². The second-order valence-electron chi connectivity index (χ2n) is 6.48. The maximum absolute atomic E-state index is 9.57. The van der Waals surface area contributed by atoms with Crippen LogP contribution >= 0.6 is 0 Å². The Balaban J connectivity index is 1.82. The van der Waals surface area contributed by atoms with Crippen molar-refractivity contribution < 1.29 is 4.74 Å². The first kappa shape index (κ1) is 19.1. The van der Waals surface area contributed by atoms with Crippen molar-refractivity contribution in [3.8, 4) is 22.9 Å². The van der Waals surface area contributed by atoms with Gasteiger partial charge in [-0.2, -0.15) is 5.26 Å². The van der Waals surface area contributed by atoms with E-state index >= 15 is 0 Å². The topological polar surface area (TPSA) is 33.0 Å². The fraction of sp³-hybridized carbons (Fsp3) is 0.435. The van der Waals surface area contributed by atoms with E-state index in [2.05, 4.69) is 13.0 Å². The molecule has 0 heterocycles. The number of hydrogen-bond donors (Lipinski definition) is 0. The lowest BCUT2D eigenvalue weighted by Crippen LogP contribution is -2.00. The van der Waals surface area contributed by atoms with Crippen LogP contribution in [0, 0.1) is 11.3 Å². The SMILES string of the molecule is CCCCCCCCCCOc1cccc(-c2ccccc2)c1C#N. The predicted octanol–water partition coefficient (Wildman–Crippen LogP) is 6.74. The van der Waals surface area contributed by atoms with Gasteiger partial charge >= 0.3 is 0 Å². The normalized spacial score (nSPS) is 10.4. The summed E-state index contributed by atoms with van der Waals surface area (Å²) >= 11 is 0. The van der Waals surface area contributed by atoms with Gasteiger partial charge < -0.3 is 4.74 Å². The number of hydrogen-bond acceptors (Lipinski definition) is 2. The van der Waals surface area contributed by atoms with Gasteiger partial charge in [0, 0.05) is 5.56 Å². The highest BCUT2D eigenvalue weighted by Crippen LogP contribution is 2.30. The summed E-state index contributed by atoms with van der Waals surface area (Å²) in [5.41, 5.74) is 2.63. The average Bonchev–Trinajstić information content (AvgIpc) is 2.67. The highest BCUT2D eigenvalue weighted by atomic mass is 16.5. The Bertz CT molecular complexity index is 658. The van der Waals surface area contributed by atoms with Gasteiger partial charge in [0.2, 0.25) is 0 Å². The Morgan fingerprint density at radius 3 is 2.16 bits per heavy atom. The highest BCUT2D eigenvalue weighted by molar-refractivity contribution is 5.73. The number of nitriles is 1. The van der Waals surface area contributed by atoms with Crippen LogP contribution in [0.4, 0.5) is 0 Å². The van der Waals surface area contributed by atoms with E-state index in [1.807, 2.05) is 48.5 Å². The van der Waals surface area contributed by atoms with Gasteiger partial charge in [-0.15, -0.1) is 0 Å². The number of ether oxygens (including phenoxy) is 1. The molecule has 0 fully saturated rings. The predicted molar refractivity (Wildman–Crippen MR) is 105 cm³/mol. The Morgan fingerprint density at radius 1 is 0.800 bits per heavy atom. The summed E-state index contributed by atoms with van der Waals surface area (Å²) in [4.78, 5) is 0. The van der Waals surface area contributed by atoms with Crippen LogP contribution in [-0.4, -0.2) is 6.61 Å². The van der Waals surface area contributed by atoms with E-state index < -0.39 is 0 Å². The Morgan fingerprint density at radius 2 is 1.48 bits per heavy atom. The first-order valence-corrected chi connectivity index (χ1v) is 9.58. The maximum Gasteiger partial charge on any atom is 0.137 e. The lowest BCUT2D eigenvalue weighted by molar-refractivity contribution is 0.303. The van der Waals surface area contributed by atoms with Gasteiger partial charge in [0.15, 0.2) is 0 Å². The molecular formula is C23H29NO. The smallest absolute Gasteiger partial charge is 0.137 e. The zero-order valence-corrected chi connectivity index (χ0v) is 15.3. The zero-order chi connectivity index (χ0) is 17.7. The van der Waals surface area contributed by atoms with E-state index in [0.29, 0.717) is 17.9 Å². The van der Waals surface area contributed by atoms with Gasteiger partial charge in [-0.1, -0.05) is 94.3 Å². The van der Waals surface area contributed by atoms with E-state index in [9.17, 15) is 5.26 Å². The van der Waals surface area contributed by atoms with Crippen molar-refractivity contribution in [1.29, 1.82) is 5.26 Å². The molecule has 0 spiro atoms. The van der Waals surface area contributed by atoms with E-state index in [1.54, 1.807) is 0 Å². The third-order valence-corrected chi connectivity index (χ3v) is 4.48. The monoisotopic (exact) mass is 335 g/mol. The fourth-order valence-corrected chi connectivity index (χ4v) is 3.04. The van der Waals surface area contributed by atoms with E-state index in [0.717, 1.165) is 17.5 Å². The van der Waals surface area contributed by atoms with E-state index in [-0.39, 0.29) is 0 Å². The summed E-state index contributed by atoms with van der Waals surface area (Å²) in [5.74, 6) is 0.701. The van der Waals surface area contributed by atoms with Crippen LogP contribution in [0.5, 0.6) is 5.75 Å². The van der Waals surface area contributed by atoms with Gasteiger partial charge in [0.25, 0.3) is 0 Å². The number of rotatable bonds is 11. The number of benzene rings is 2. The van der Waals surface area contributed by atoms with Crippen molar-refractivity contribution in [2.24, 2.45) is 0 Å². The molecule has 0 aliphatic rings. The van der Waals surface area contributed by atoms with Gasteiger partial charge in [-0.25, -0.2) is 0 Å². The molecule has 2 heteroatoms. The second kappa shape index (κ2) is 11.3. The van der Waals surface area contributed by atoms with Crippen LogP contribution in [0.2, 0.25) is 0 Å². The van der Waals surface area contributed by atoms with Crippen molar-refractivity contribution in [2.75, 3.05) is 6.61 Å². The Hall–Kier alpha value is -2.27. The van der Waals surface area contributed by atoms with Crippen molar-refractivity contribution in [3.05, 3.63) is 54.1 Å². The molecule has 25 heavy (non-hydrogen) atoms. The molecule has 0 aromatic heterocycles. The molecule has 0 aliphatic carbocycles. The summed E-state index contributed by atoms with van der Waals surface area (Å²) in [6.45, 7) is 2.93. The minimum Gasteiger partial charge on any atom is -0.492 e. The lowest BCUT2D eigenvalue weighted by Gasteiger charge is -2.11. The molecule has 2 nitrogen and oxygen atoms in total. The minimum absolute atomic E-state index is 0.633. The molecule has 0 atom stereocenters. The van der Waals surface area contributed by atoms with Crippen molar-refractivity contribution in [3.63, 3.8) is 0 Å². The van der Waals surface area contributed by atoms with Gasteiger partial charge in [0.05, 0.1) is 6.61 Å². The second-order valence-corrected chi connectivity index (χ2v) is 6.48. The molecule has 0 N–H and O–H groups in total. The summed E-state index contributed by atoms with van der Waals surface area (Å²) in [5, 5.41) is 9.57. The number of nitrogens with zero attached hydrogens (tertiary/aromatic N) is 1. The third kappa shape index (κ3) is 6.27. The van der Waals surface area contributed by atoms with Crippen LogP contribution < -0.4 is 4.74 Å². The lowest BCUT2D eigenvalue weighted by atomic mass is 10.00. The third-order valence-electron chi connectivity index (χ3n) is 4.48. The molecule has 2 rings (SSSR count). The van der Waals surface area contributed by atoms with E-state index in [1.165, 1.54) is 44.9 Å². The van der Waals surface area contributed by atoms with Crippen molar-refractivity contribution >= 4 is 0 Å². The maximum atomic E-state index is 9.57. The summed E-state index contributed by atoms with van der Waals surface area (Å²) < 4.78 is 5.91. The molecule has 0 saturated heterocycles. The molecular weight excluding hydrogens is 306 g/mol.